The first-order valence-electron chi connectivity index (χ1n) is 3.11. The third-order valence-corrected chi connectivity index (χ3v) is 1.30. The maximum absolute atomic E-state index is 12.7. The van der Waals surface area contributed by atoms with E-state index in [-0.39, 0.29) is 5.48 Å². The Morgan fingerprint density at radius 3 is 2.15 bits per heavy atom. The van der Waals surface area contributed by atoms with Crippen molar-refractivity contribution in [2.45, 2.75) is 0 Å². The number of hydrogen-bond donors (Lipinski definition) is 0. The van der Waals surface area contributed by atoms with Crippen LogP contribution in [0.25, 0.3) is 0 Å². The Hall–Kier alpha value is -1.62. The third kappa shape index (κ3) is 2.41. The van der Waals surface area contributed by atoms with Gasteiger partial charge in [0.05, 0.1) is 5.56 Å². The molecule has 1 aromatic carbocycles. The van der Waals surface area contributed by atoms with Gasteiger partial charge in [-0.25, -0.2) is 4.39 Å². The average molecular weight is 188 g/mol. The van der Waals surface area contributed by atoms with Crippen molar-refractivity contribution >= 4 is 11.8 Å². The zero-order valence-corrected chi connectivity index (χ0v) is 6.38. The van der Waals surface area contributed by atoms with Crippen molar-refractivity contribution in [3.63, 3.8) is 0 Å². The van der Waals surface area contributed by atoms with Gasteiger partial charge in [-0.3, -0.25) is 9.59 Å². The second-order valence-corrected chi connectivity index (χ2v) is 2.08. The van der Waals surface area contributed by atoms with Crippen LogP contribution in [0.1, 0.15) is 10.4 Å². The van der Waals surface area contributed by atoms with Gasteiger partial charge in [0.25, 0.3) is 5.78 Å². The molecule has 3 nitrogen and oxygen atoms in total. The lowest BCUT2D eigenvalue weighted by molar-refractivity contribution is -0.124. The van der Waals surface area contributed by atoms with E-state index in [4.69, 9.17) is 0 Å². The van der Waals surface area contributed by atoms with Crippen LogP contribution in [0.4, 0.5) is 8.78 Å². The lowest BCUT2D eigenvalue weighted by Gasteiger charge is -1.94. The van der Waals surface area contributed by atoms with Crippen molar-refractivity contribution in [3.05, 3.63) is 35.6 Å². The van der Waals surface area contributed by atoms with Gasteiger partial charge in [0.2, 0.25) is 0 Å². The summed E-state index contributed by atoms with van der Waals surface area (Å²) in [6.07, 6.45) is 0. The Morgan fingerprint density at radius 1 is 1.15 bits per heavy atom. The number of hydrogen-bond acceptors (Lipinski definition) is 2. The van der Waals surface area contributed by atoms with E-state index in [9.17, 15) is 18.4 Å². The molecule has 0 radical (unpaired) electrons. The zero-order chi connectivity index (χ0) is 9.14. The summed E-state index contributed by atoms with van der Waals surface area (Å²) in [5.74, 6) is -2.35. The summed E-state index contributed by atoms with van der Waals surface area (Å²) in [6.45, 7) is 0. The second-order valence-electron chi connectivity index (χ2n) is 2.08. The Labute approximate surface area is 72.3 Å². The molecule has 0 aromatic heterocycles. The molecule has 0 saturated carbocycles. The normalized spacial score (nSPS) is 8.77. The highest BCUT2D eigenvalue weighted by molar-refractivity contribution is 6.40. The summed E-state index contributed by atoms with van der Waals surface area (Å²) in [6, 6.07) is 2.57. The van der Waals surface area contributed by atoms with E-state index in [1.165, 1.54) is 12.1 Å². The summed E-state index contributed by atoms with van der Waals surface area (Å²) in [5.41, 5.74) is -0.537. The van der Waals surface area contributed by atoms with Gasteiger partial charge < -0.3 is 5.48 Å². The molecule has 2 N–H and O–H groups in total. The van der Waals surface area contributed by atoms with E-state index in [1.807, 2.05) is 0 Å². The SMILES string of the molecule is O.O=C(F)C(=O)c1ccccc1F. The van der Waals surface area contributed by atoms with Gasteiger partial charge in [-0.1, -0.05) is 12.1 Å². The fourth-order valence-corrected chi connectivity index (χ4v) is 0.751. The first-order valence-corrected chi connectivity index (χ1v) is 3.11. The van der Waals surface area contributed by atoms with Gasteiger partial charge >= 0.3 is 6.04 Å². The maximum Gasteiger partial charge on any atom is 0.372 e. The van der Waals surface area contributed by atoms with E-state index >= 15 is 0 Å². The molecule has 0 saturated heterocycles. The molecule has 0 heterocycles. The monoisotopic (exact) mass is 188 g/mol. The molecule has 0 atom stereocenters. The number of carbonyl (C=O) groups is 2. The van der Waals surface area contributed by atoms with Crippen LogP contribution >= 0.6 is 0 Å². The van der Waals surface area contributed by atoms with Crippen molar-refractivity contribution in [1.29, 1.82) is 0 Å². The standard InChI is InChI=1S/C8H4F2O2.H2O/c9-6-4-2-1-3-5(6)7(11)8(10)12;/h1-4H;1H2. The van der Waals surface area contributed by atoms with Crippen molar-refractivity contribution in [2.24, 2.45) is 0 Å². The molecule has 0 aliphatic rings. The minimum absolute atomic E-state index is 0. The molecule has 0 spiro atoms. The molecule has 1 aromatic rings. The topological polar surface area (TPSA) is 65.6 Å². The summed E-state index contributed by atoms with van der Waals surface area (Å²) >= 11 is 0. The van der Waals surface area contributed by atoms with E-state index in [0.29, 0.717) is 0 Å². The molecule has 70 valence electrons. The van der Waals surface area contributed by atoms with Crippen molar-refractivity contribution in [1.82, 2.24) is 0 Å². The third-order valence-electron chi connectivity index (χ3n) is 1.30. The predicted octanol–water partition coefficient (Wildman–Crippen LogP) is 0.680. The fourth-order valence-electron chi connectivity index (χ4n) is 0.751. The summed E-state index contributed by atoms with van der Waals surface area (Å²) in [5, 5.41) is 0. The first-order chi connectivity index (χ1) is 5.63. The van der Waals surface area contributed by atoms with Crippen LogP contribution < -0.4 is 0 Å². The van der Waals surface area contributed by atoms with E-state index in [2.05, 4.69) is 0 Å². The number of rotatable bonds is 2. The fraction of sp³-hybridized carbons (Fsp3) is 0. The summed E-state index contributed by atoms with van der Waals surface area (Å²) < 4.78 is 24.5. The van der Waals surface area contributed by atoms with Crippen LogP contribution in [0.2, 0.25) is 0 Å². The maximum atomic E-state index is 12.7. The smallest absolute Gasteiger partial charge is 0.372 e. The molecule has 5 heteroatoms. The van der Waals surface area contributed by atoms with Gasteiger partial charge in [-0.2, -0.15) is 4.39 Å². The molecule has 0 fully saturated rings. The van der Waals surface area contributed by atoms with Crippen molar-refractivity contribution in [2.75, 3.05) is 0 Å². The Kier molecular flexibility index (Phi) is 3.87. The predicted molar refractivity (Wildman–Crippen MR) is 40.5 cm³/mol. The van der Waals surface area contributed by atoms with Gasteiger partial charge in [-0.15, -0.1) is 0 Å². The van der Waals surface area contributed by atoms with Crippen LogP contribution in [-0.2, 0) is 4.79 Å². The zero-order valence-electron chi connectivity index (χ0n) is 6.38. The molecule has 13 heavy (non-hydrogen) atoms. The van der Waals surface area contributed by atoms with Gasteiger partial charge in [-0.05, 0) is 12.1 Å². The average Bonchev–Trinajstić information content (AvgIpc) is 2.04. The molecule has 1 rings (SSSR count). The highest BCUT2D eigenvalue weighted by Crippen LogP contribution is 2.07. The molecule has 0 unspecified atom stereocenters. The number of carbonyl (C=O) groups excluding carboxylic acids is 2. The molecule has 0 bridgehead atoms. The molecule has 0 amide bonds. The van der Waals surface area contributed by atoms with E-state index < -0.39 is 23.2 Å². The molecular weight excluding hydrogens is 182 g/mol. The summed E-state index contributed by atoms with van der Waals surface area (Å²) in [7, 11) is 0. The minimum Gasteiger partial charge on any atom is -0.412 e. The second kappa shape index (κ2) is 4.42. The lowest BCUT2D eigenvalue weighted by atomic mass is 10.1. The largest absolute Gasteiger partial charge is 0.412 e. The quantitative estimate of drug-likeness (QED) is 0.389. The number of halogens is 2. The van der Waals surface area contributed by atoms with Crippen LogP contribution in [0.3, 0.4) is 0 Å². The van der Waals surface area contributed by atoms with Crippen LogP contribution in [-0.4, -0.2) is 17.3 Å². The minimum atomic E-state index is -2.15. The number of ketones is 1. The summed E-state index contributed by atoms with van der Waals surface area (Å²) in [4.78, 5) is 20.5. The highest BCUT2D eigenvalue weighted by atomic mass is 19.1. The van der Waals surface area contributed by atoms with Crippen LogP contribution in [0.5, 0.6) is 0 Å². The van der Waals surface area contributed by atoms with E-state index in [0.717, 1.165) is 12.1 Å². The Bertz CT molecular complexity index is 336. The Morgan fingerprint density at radius 2 is 1.69 bits per heavy atom. The van der Waals surface area contributed by atoms with Gasteiger partial charge in [0.1, 0.15) is 5.82 Å². The molecule has 0 aliphatic heterocycles. The van der Waals surface area contributed by atoms with Gasteiger partial charge in [0, 0.05) is 0 Å². The van der Waals surface area contributed by atoms with Crippen LogP contribution in [0.15, 0.2) is 24.3 Å². The lowest BCUT2D eigenvalue weighted by Crippen LogP contribution is -2.10. The van der Waals surface area contributed by atoms with Crippen molar-refractivity contribution < 1.29 is 23.8 Å². The van der Waals surface area contributed by atoms with Gasteiger partial charge in [0.15, 0.2) is 0 Å². The molecule has 0 aliphatic carbocycles. The van der Waals surface area contributed by atoms with E-state index in [1.54, 1.807) is 0 Å². The number of benzene rings is 1. The Balaban J connectivity index is 0.00000144. The highest BCUT2D eigenvalue weighted by Gasteiger charge is 2.18. The number of Topliss-reactive ketones (excluding diaryl/α,β-unsaturated/α-hetero) is 1. The van der Waals surface area contributed by atoms with Crippen LogP contribution in [0, 0.1) is 5.82 Å². The first kappa shape index (κ1) is 11.4. The molecular formula is C8H6F2O3. The van der Waals surface area contributed by atoms with Crippen molar-refractivity contribution in [3.8, 4) is 0 Å².